The molecule has 0 saturated heterocycles. The predicted molar refractivity (Wildman–Crippen MR) is 65.7 cm³/mol. The molecule has 0 unspecified atom stereocenters. The molecule has 0 N–H and O–H groups in total. The summed E-state index contributed by atoms with van der Waals surface area (Å²) in [4.78, 5) is 0. The maximum Gasteiger partial charge on any atom is 0.128 e. The highest BCUT2D eigenvalue weighted by atomic mass is 79.9. The summed E-state index contributed by atoms with van der Waals surface area (Å²) in [6.45, 7) is 0. The fraction of sp³-hybridized carbons (Fsp3) is 0. The largest absolute Gasteiger partial charge is 0.457 e. The van der Waals surface area contributed by atoms with E-state index in [1.165, 1.54) is 0 Å². The normalized spacial score (nSPS) is 10.0. The molecule has 0 amide bonds. The standard InChI is InChI=1S/C12H8BrClO/c13-9-3-1-5-11(7-9)15-12-6-2-4-10(14)8-12/h1-8H. The molecule has 0 aromatic heterocycles. The first-order valence-corrected chi connectivity index (χ1v) is 5.60. The van der Waals surface area contributed by atoms with E-state index in [-0.39, 0.29) is 0 Å². The number of benzene rings is 2. The van der Waals surface area contributed by atoms with Gasteiger partial charge in [-0.1, -0.05) is 39.7 Å². The van der Waals surface area contributed by atoms with Crippen molar-refractivity contribution in [3.05, 3.63) is 58.0 Å². The van der Waals surface area contributed by atoms with E-state index in [2.05, 4.69) is 15.9 Å². The average Bonchev–Trinajstić information content (AvgIpc) is 2.17. The molecule has 0 spiro atoms. The Hall–Kier alpha value is -0.990. The quantitative estimate of drug-likeness (QED) is 0.762. The topological polar surface area (TPSA) is 9.23 Å². The molecule has 0 aliphatic heterocycles. The molecule has 0 radical (unpaired) electrons. The molecular weight excluding hydrogens is 275 g/mol. The zero-order valence-electron chi connectivity index (χ0n) is 7.78. The van der Waals surface area contributed by atoms with E-state index in [4.69, 9.17) is 16.3 Å². The van der Waals surface area contributed by atoms with Gasteiger partial charge in [0, 0.05) is 9.50 Å². The molecule has 1 nitrogen and oxygen atoms in total. The van der Waals surface area contributed by atoms with Crippen LogP contribution in [0.15, 0.2) is 53.0 Å². The van der Waals surface area contributed by atoms with Crippen molar-refractivity contribution in [2.75, 3.05) is 0 Å². The maximum atomic E-state index is 5.85. The lowest BCUT2D eigenvalue weighted by molar-refractivity contribution is 0.482. The van der Waals surface area contributed by atoms with Gasteiger partial charge in [0.05, 0.1) is 0 Å². The summed E-state index contributed by atoms with van der Waals surface area (Å²) >= 11 is 9.24. The van der Waals surface area contributed by atoms with Crippen LogP contribution in [-0.4, -0.2) is 0 Å². The highest BCUT2D eigenvalue weighted by Crippen LogP contribution is 2.25. The van der Waals surface area contributed by atoms with Gasteiger partial charge in [-0.15, -0.1) is 0 Å². The Morgan fingerprint density at radius 2 is 1.60 bits per heavy atom. The number of hydrogen-bond donors (Lipinski definition) is 0. The van der Waals surface area contributed by atoms with Crippen LogP contribution in [0.2, 0.25) is 5.02 Å². The Balaban J connectivity index is 2.22. The van der Waals surface area contributed by atoms with Gasteiger partial charge in [0.2, 0.25) is 0 Å². The molecule has 76 valence electrons. The van der Waals surface area contributed by atoms with Crippen molar-refractivity contribution >= 4 is 27.5 Å². The van der Waals surface area contributed by atoms with E-state index in [1.807, 2.05) is 42.5 Å². The highest BCUT2D eigenvalue weighted by molar-refractivity contribution is 9.10. The van der Waals surface area contributed by atoms with Gasteiger partial charge in [0.25, 0.3) is 0 Å². The SMILES string of the molecule is Clc1cccc(Oc2cccc(Br)c2)c1. The smallest absolute Gasteiger partial charge is 0.128 e. The van der Waals surface area contributed by atoms with Gasteiger partial charge in [0.1, 0.15) is 11.5 Å². The summed E-state index contributed by atoms with van der Waals surface area (Å²) in [5.74, 6) is 1.52. The van der Waals surface area contributed by atoms with Crippen molar-refractivity contribution in [3.63, 3.8) is 0 Å². The first-order chi connectivity index (χ1) is 7.24. The van der Waals surface area contributed by atoms with Crippen LogP contribution < -0.4 is 4.74 Å². The first-order valence-electron chi connectivity index (χ1n) is 4.43. The minimum atomic E-state index is 0.669. The van der Waals surface area contributed by atoms with E-state index >= 15 is 0 Å². The van der Waals surface area contributed by atoms with Gasteiger partial charge in [-0.25, -0.2) is 0 Å². The predicted octanol–water partition coefficient (Wildman–Crippen LogP) is 4.89. The van der Waals surface area contributed by atoms with E-state index in [9.17, 15) is 0 Å². The monoisotopic (exact) mass is 282 g/mol. The van der Waals surface area contributed by atoms with Crippen LogP contribution in [0.3, 0.4) is 0 Å². The second kappa shape index (κ2) is 4.69. The Morgan fingerprint density at radius 3 is 2.27 bits per heavy atom. The second-order valence-electron chi connectivity index (χ2n) is 3.02. The van der Waals surface area contributed by atoms with Gasteiger partial charge in [0.15, 0.2) is 0 Å². The van der Waals surface area contributed by atoms with Crippen molar-refractivity contribution in [1.82, 2.24) is 0 Å². The van der Waals surface area contributed by atoms with Gasteiger partial charge >= 0.3 is 0 Å². The summed E-state index contributed by atoms with van der Waals surface area (Å²) in [6.07, 6.45) is 0. The van der Waals surface area contributed by atoms with Crippen molar-refractivity contribution in [2.45, 2.75) is 0 Å². The minimum absolute atomic E-state index is 0.669. The van der Waals surface area contributed by atoms with Gasteiger partial charge in [-0.2, -0.15) is 0 Å². The molecule has 15 heavy (non-hydrogen) atoms. The van der Waals surface area contributed by atoms with Crippen molar-refractivity contribution in [3.8, 4) is 11.5 Å². The fourth-order valence-corrected chi connectivity index (χ4v) is 1.76. The molecule has 2 aromatic carbocycles. The van der Waals surface area contributed by atoms with Gasteiger partial charge in [-0.3, -0.25) is 0 Å². The van der Waals surface area contributed by atoms with Crippen LogP contribution in [0.25, 0.3) is 0 Å². The lowest BCUT2D eigenvalue weighted by Gasteiger charge is -2.05. The van der Waals surface area contributed by atoms with E-state index in [1.54, 1.807) is 6.07 Å². The third-order valence-electron chi connectivity index (χ3n) is 1.83. The molecule has 0 atom stereocenters. The third kappa shape index (κ3) is 2.98. The van der Waals surface area contributed by atoms with Crippen molar-refractivity contribution in [2.24, 2.45) is 0 Å². The lowest BCUT2D eigenvalue weighted by atomic mass is 10.3. The summed E-state index contributed by atoms with van der Waals surface area (Å²) < 4.78 is 6.61. The molecule has 0 aliphatic rings. The second-order valence-corrected chi connectivity index (χ2v) is 4.37. The Bertz CT molecular complexity index is 427. The van der Waals surface area contributed by atoms with Crippen LogP contribution in [0.4, 0.5) is 0 Å². The van der Waals surface area contributed by atoms with Crippen LogP contribution in [0, 0.1) is 0 Å². The molecule has 2 rings (SSSR count). The van der Waals surface area contributed by atoms with Crippen LogP contribution in [0.5, 0.6) is 11.5 Å². The molecule has 0 fully saturated rings. The minimum Gasteiger partial charge on any atom is -0.457 e. The molecular formula is C12H8BrClO. The zero-order valence-corrected chi connectivity index (χ0v) is 10.1. The van der Waals surface area contributed by atoms with Gasteiger partial charge < -0.3 is 4.74 Å². The maximum absolute atomic E-state index is 5.85. The van der Waals surface area contributed by atoms with Crippen molar-refractivity contribution in [1.29, 1.82) is 0 Å². The first kappa shape index (κ1) is 10.5. The Kier molecular flexibility index (Phi) is 3.29. The molecule has 0 saturated carbocycles. The zero-order chi connectivity index (χ0) is 10.7. The van der Waals surface area contributed by atoms with Gasteiger partial charge in [-0.05, 0) is 36.4 Å². The summed E-state index contributed by atoms with van der Waals surface area (Å²) in [7, 11) is 0. The summed E-state index contributed by atoms with van der Waals surface area (Å²) in [5, 5.41) is 0.669. The lowest BCUT2D eigenvalue weighted by Crippen LogP contribution is -1.83. The molecule has 2 aromatic rings. The van der Waals surface area contributed by atoms with E-state index in [0.29, 0.717) is 5.02 Å². The van der Waals surface area contributed by atoms with Crippen LogP contribution in [-0.2, 0) is 0 Å². The van der Waals surface area contributed by atoms with E-state index in [0.717, 1.165) is 16.0 Å². The number of hydrogen-bond acceptors (Lipinski definition) is 1. The third-order valence-corrected chi connectivity index (χ3v) is 2.56. The molecule has 3 heteroatoms. The number of halogens is 2. The highest BCUT2D eigenvalue weighted by Gasteiger charge is 1.98. The number of ether oxygens (including phenoxy) is 1. The Morgan fingerprint density at radius 1 is 0.933 bits per heavy atom. The van der Waals surface area contributed by atoms with Crippen molar-refractivity contribution < 1.29 is 4.74 Å². The Labute approximate surface area is 102 Å². The fourth-order valence-electron chi connectivity index (χ4n) is 1.20. The number of rotatable bonds is 2. The summed E-state index contributed by atoms with van der Waals surface area (Å²) in [5.41, 5.74) is 0. The average molecular weight is 284 g/mol. The van der Waals surface area contributed by atoms with E-state index < -0.39 is 0 Å². The van der Waals surface area contributed by atoms with Crippen LogP contribution >= 0.6 is 27.5 Å². The molecule has 0 heterocycles. The van der Waals surface area contributed by atoms with Crippen LogP contribution in [0.1, 0.15) is 0 Å². The molecule has 0 bridgehead atoms. The summed E-state index contributed by atoms with van der Waals surface area (Å²) in [6, 6.07) is 15.0. The molecule has 0 aliphatic carbocycles.